The molecule has 0 aliphatic heterocycles. The van der Waals surface area contributed by atoms with Gasteiger partial charge in [-0.25, -0.2) is 0 Å². The number of hydrogen-bond donors (Lipinski definition) is 1. The fourth-order valence-electron chi connectivity index (χ4n) is 2.49. The van der Waals surface area contributed by atoms with E-state index in [4.69, 9.17) is 10.5 Å². The maximum Gasteiger partial charge on any atom is 0.255 e. The molecule has 0 amide bonds. The Morgan fingerprint density at radius 3 is 2.41 bits per heavy atom. The van der Waals surface area contributed by atoms with Crippen molar-refractivity contribution in [1.29, 1.82) is 0 Å². The highest BCUT2D eigenvalue weighted by atomic mass is 16.5. The summed E-state index contributed by atoms with van der Waals surface area (Å²) < 4.78 is 7.31. The summed E-state index contributed by atoms with van der Waals surface area (Å²) in [7, 11) is 0. The number of ether oxygens (including phenoxy) is 1. The van der Waals surface area contributed by atoms with Crippen LogP contribution in [0.3, 0.4) is 0 Å². The summed E-state index contributed by atoms with van der Waals surface area (Å²) in [5.74, 6) is 0.827. The number of aryl methyl sites for hydroxylation is 1. The topological polar surface area (TPSA) is 57.2 Å². The molecule has 1 unspecified atom stereocenters. The maximum atomic E-state index is 12.5. The van der Waals surface area contributed by atoms with Crippen LogP contribution < -0.4 is 16.0 Å². The number of hydrogen-bond acceptors (Lipinski definition) is 3. The molecule has 22 heavy (non-hydrogen) atoms. The van der Waals surface area contributed by atoms with Crippen LogP contribution in [0, 0.1) is 6.92 Å². The van der Waals surface area contributed by atoms with Crippen molar-refractivity contribution in [2.24, 2.45) is 5.73 Å². The Kier molecular flexibility index (Phi) is 5.39. The fraction of sp³-hybridized carbons (Fsp3) is 0.389. The molecule has 0 saturated heterocycles. The van der Waals surface area contributed by atoms with Crippen LogP contribution in [0.5, 0.6) is 5.75 Å². The van der Waals surface area contributed by atoms with E-state index in [9.17, 15) is 4.79 Å². The zero-order valence-electron chi connectivity index (χ0n) is 13.5. The first-order valence-electron chi connectivity index (χ1n) is 7.77. The van der Waals surface area contributed by atoms with Gasteiger partial charge in [-0.05, 0) is 50.1 Å². The van der Waals surface area contributed by atoms with Gasteiger partial charge in [-0.3, -0.25) is 4.79 Å². The molecule has 2 rings (SSSR count). The van der Waals surface area contributed by atoms with Crippen molar-refractivity contribution in [2.75, 3.05) is 6.61 Å². The van der Waals surface area contributed by atoms with Gasteiger partial charge in [0.1, 0.15) is 5.75 Å². The molecule has 0 aliphatic carbocycles. The zero-order chi connectivity index (χ0) is 16.1. The van der Waals surface area contributed by atoms with Gasteiger partial charge in [-0.2, -0.15) is 0 Å². The van der Waals surface area contributed by atoms with Gasteiger partial charge < -0.3 is 15.0 Å². The minimum Gasteiger partial charge on any atom is -0.494 e. The van der Waals surface area contributed by atoms with Crippen LogP contribution in [-0.2, 0) is 6.54 Å². The fourth-order valence-corrected chi connectivity index (χ4v) is 2.49. The Balaban J connectivity index is 2.28. The lowest BCUT2D eigenvalue weighted by Gasteiger charge is -2.16. The number of aromatic nitrogens is 1. The third kappa shape index (κ3) is 3.39. The summed E-state index contributed by atoms with van der Waals surface area (Å²) in [6, 6.07) is 11.0. The predicted molar refractivity (Wildman–Crippen MR) is 89.4 cm³/mol. The van der Waals surface area contributed by atoms with Gasteiger partial charge in [0.05, 0.1) is 12.6 Å². The second kappa shape index (κ2) is 7.27. The number of nitrogens with two attached hydrogens (primary N) is 1. The summed E-state index contributed by atoms with van der Waals surface area (Å²) in [5.41, 5.74) is 8.75. The molecule has 2 aromatic rings. The number of pyridine rings is 1. The molecule has 2 N–H and O–H groups in total. The molecule has 0 spiro atoms. The number of nitrogens with zero attached hydrogens (tertiary/aromatic N) is 1. The highest BCUT2D eigenvalue weighted by Crippen LogP contribution is 2.20. The third-order valence-corrected chi connectivity index (χ3v) is 3.79. The van der Waals surface area contributed by atoms with E-state index in [1.165, 1.54) is 0 Å². The Bertz CT molecular complexity index is 674. The summed E-state index contributed by atoms with van der Waals surface area (Å²) >= 11 is 0. The van der Waals surface area contributed by atoms with Crippen molar-refractivity contribution in [3.8, 4) is 5.75 Å². The van der Waals surface area contributed by atoms with Crippen LogP contribution >= 0.6 is 0 Å². The molecule has 0 aliphatic rings. The van der Waals surface area contributed by atoms with Crippen LogP contribution in [0.25, 0.3) is 0 Å². The Hall–Kier alpha value is -2.07. The van der Waals surface area contributed by atoms with E-state index in [1.54, 1.807) is 4.57 Å². The van der Waals surface area contributed by atoms with E-state index in [-0.39, 0.29) is 5.56 Å². The molecular weight excluding hydrogens is 276 g/mol. The minimum atomic E-state index is -0.425. The maximum absolute atomic E-state index is 12.5. The summed E-state index contributed by atoms with van der Waals surface area (Å²) in [6.07, 6.45) is 0.973. The second-order valence-corrected chi connectivity index (χ2v) is 5.37. The van der Waals surface area contributed by atoms with Crippen molar-refractivity contribution in [2.45, 2.75) is 39.8 Å². The molecule has 4 nitrogen and oxygen atoms in total. The van der Waals surface area contributed by atoms with Gasteiger partial charge in [0.15, 0.2) is 0 Å². The van der Waals surface area contributed by atoms with E-state index in [1.807, 2.05) is 50.2 Å². The van der Waals surface area contributed by atoms with E-state index in [0.717, 1.165) is 23.4 Å². The summed E-state index contributed by atoms with van der Waals surface area (Å²) in [4.78, 5) is 12.5. The molecule has 0 bridgehead atoms. The molecule has 1 heterocycles. The van der Waals surface area contributed by atoms with Crippen molar-refractivity contribution < 1.29 is 4.74 Å². The lowest BCUT2D eigenvalue weighted by molar-refractivity contribution is 0.317. The van der Waals surface area contributed by atoms with Gasteiger partial charge in [-0.15, -0.1) is 0 Å². The van der Waals surface area contributed by atoms with Gasteiger partial charge in [0.25, 0.3) is 5.56 Å². The molecule has 1 aromatic carbocycles. The molecule has 118 valence electrons. The monoisotopic (exact) mass is 300 g/mol. The van der Waals surface area contributed by atoms with E-state index in [0.29, 0.717) is 18.7 Å². The van der Waals surface area contributed by atoms with Gasteiger partial charge >= 0.3 is 0 Å². The zero-order valence-corrected chi connectivity index (χ0v) is 13.5. The van der Waals surface area contributed by atoms with E-state index < -0.39 is 6.04 Å². The first-order valence-corrected chi connectivity index (χ1v) is 7.77. The predicted octanol–water partition coefficient (Wildman–Crippen LogP) is 3.01. The molecule has 0 radical (unpaired) electrons. The van der Waals surface area contributed by atoms with Crippen molar-refractivity contribution >= 4 is 0 Å². The smallest absolute Gasteiger partial charge is 0.255 e. The largest absolute Gasteiger partial charge is 0.494 e. The molecule has 4 heteroatoms. The SMILES string of the molecule is CCCOc1ccc(C(N)c2ccc(C)n(CC)c2=O)cc1. The molecule has 1 atom stereocenters. The summed E-state index contributed by atoms with van der Waals surface area (Å²) in [6.45, 7) is 7.31. The summed E-state index contributed by atoms with van der Waals surface area (Å²) in [5, 5.41) is 0. The first kappa shape index (κ1) is 16.3. The Labute approximate surface area is 131 Å². The van der Waals surface area contributed by atoms with Gasteiger partial charge in [0.2, 0.25) is 0 Å². The van der Waals surface area contributed by atoms with Crippen LogP contribution in [0.2, 0.25) is 0 Å². The molecule has 0 fully saturated rings. The first-order chi connectivity index (χ1) is 10.6. The average Bonchev–Trinajstić information content (AvgIpc) is 2.53. The van der Waals surface area contributed by atoms with Crippen LogP contribution in [0.4, 0.5) is 0 Å². The lowest BCUT2D eigenvalue weighted by atomic mass is 10.0. The van der Waals surface area contributed by atoms with Crippen LogP contribution in [0.1, 0.15) is 43.1 Å². The highest BCUT2D eigenvalue weighted by Gasteiger charge is 2.15. The Morgan fingerprint density at radius 1 is 1.14 bits per heavy atom. The Morgan fingerprint density at radius 2 is 1.82 bits per heavy atom. The molecular formula is C18H24N2O2. The molecule has 1 aromatic heterocycles. The normalized spacial score (nSPS) is 12.2. The quantitative estimate of drug-likeness (QED) is 0.892. The minimum absolute atomic E-state index is 0.0127. The molecule has 0 saturated carbocycles. The van der Waals surface area contributed by atoms with E-state index >= 15 is 0 Å². The van der Waals surface area contributed by atoms with Crippen LogP contribution in [0.15, 0.2) is 41.2 Å². The van der Waals surface area contributed by atoms with Gasteiger partial charge in [0, 0.05) is 17.8 Å². The standard InChI is InChI=1S/C18H24N2O2/c1-4-12-22-15-9-7-14(8-10-15)17(19)16-11-6-13(3)20(5-2)18(16)21/h6-11,17H,4-5,12,19H2,1-3H3. The van der Waals surface area contributed by atoms with Gasteiger partial charge in [-0.1, -0.05) is 19.1 Å². The third-order valence-electron chi connectivity index (χ3n) is 3.79. The lowest BCUT2D eigenvalue weighted by Crippen LogP contribution is -2.29. The highest BCUT2D eigenvalue weighted by molar-refractivity contribution is 5.34. The average molecular weight is 300 g/mol. The van der Waals surface area contributed by atoms with Crippen molar-refractivity contribution in [1.82, 2.24) is 4.57 Å². The second-order valence-electron chi connectivity index (χ2n) is 5.37. The number of rotatable bonds is 6. The number of benzene rings is 1. The van der Waals surface area contributed by atoms with Crippen molar-refractivity contribution in [3.63, 3.8) is 0 Å². The van der Waals surface area contributed by atoms with E-state index in [2.05, 4.69) is 6.92 Å². The van der Waals surface area contributed by atoms with Crippen LogP contribution in [-0.4, -0.2) is 11.2 Å². The van der Waals surface area contributed by atoms with Crippen molar-refractivity contribution in [3.05, 3.63) is 63.6 Å².